The van der Waals surface area contributed by atoms with Crippen molar-refractivity contribution in [2.24, 2.45) is 0 Å². The van der Waals surface area contributed by atoms with Gasteiger partial charge < -0.3 is 15.2 Å². The lowest BCUT2D eigenvalue weighted by Crippen LogP contribution is -2.38. The highest BCUT2D eigenvalue weighted by Crippen LogP contribution is 2.19. The van der Waals surface area contributed by atoms with Gasteiger partial charge in [0.2, 0.25) is 0 Å². The van der Waals surface area contributed by atoms with Crippen molar-refractivity contribution in [2.45, 2.75) is 63.7 Å². The molecule has 0 saturated heterocycles. The first-order chi connectivity index (χ1) is 7.03. The summed E-state index contributed by atoms with van der Waals surface area (Å²) >= 11 is 0. The summed E-state index contributed by atoms with van der Waals surface area (Å²) in [6.45, 7) is 5.17. The Labute approximate surface area is 93.2 Å². The van der Waals surface area contributed by atoms with E-state index in [1.165, 1.54) is 6.42 Å². The molecule has 0 aliphatic heterocycles. The number of hydrogen-bond donors (Lipinski definition) is 2. The van der Waals surface area contributed by atoms with Crippen molar-refractivity contribution < 1.29 is 9.84 Å². The minimum Gasteiger partial charge on any atom is -0.393 e. The van der Waals surface area contributed by atoms with E-state index in [-0.39, 0.29) is 11.7 Å². The average Bonchev–Trinajstić information content (AvgIpc) is 2.18. The van der Waals surface area contributed by atoms with Crippen molar-refractivity contribution in [2.75, 3.05) is 13.7 Å². The molecule has 2 unspecified atom stereocenters. The monoisotopic (exact) mass is 215 g/mol. The Bertz CT molecular complexity index is 182. The van der Waals surface area contributed by atoms with Gasteiger partial charge in [-0.15, -0.1) is 0 Å². The molecule has 2 N–H and O–H groups in total. The highest BCUT2D eigenvalue weighted by Gasteiger charge is 2.21. The van der Waals surface area contributed by atoms with E-state index < -0.39 is 0 Å². The second-order valence-corrected chi connectivity index (χ2v) is 5.19. The summed E-state index contributed by atoms with van der Waals surface area (Å²) in [5.74, 6) is 0. The minimum atomic E-state index is -0.0910. The van der Waals surface area contributed by atoms with Crippen molar-refractivity contribution in [1.29, 1.82) is 0 Å². The standard InChI is InChI=1S/C12H25NO2/c1-12(2,15-3)7-8-13-10-5-4-6-11(14)9-10/h10-11,13-14H,4-9H2,1-3H3. The number of aliphatic hydroxyl groups is 1. The van der Waals surface area contributed by atoms with Crippen LogP contribution in [-0.4, -0.2) is 36.5 Å². The van der Waals surface area contributed by atoms with Gasteiger partial charge in [0, 0.05) is 13.2 Å². The molecule has 0 aromatic carbocycles. The quantitative estimate of drug-likeness (QED) is 0.733. The lowest BCUT2D eigenvalue weighted by atomic mass is 9.93. The van der Waals surface area contributed by atoms with Crippen LogP contribution in [0.3, 0.4) is 0 Å². The molecule has 15 heavy (non-hydrogen) atoms. The van der Waals surface area contributed by atoms with Crippen molar-refractivity contribution >= 4 is 0 Å². The third-order valence-corrected chi connectivity index (χ3v) is 3.36. The van der Waals surface area contributed by atoms with Crippen LogP contribution in [0.25, 0.3) is 0 Å². The molecular weight excluding hydrogens is 190 g/mol. The topological polar surface area (TPSA) is 41.5 Å². The summed E-state index contributed by atoms with van der Waals surface area (Å²) in [7, 11) is 1.75. The van der Waals surface area contributed by atoms with Crippen molar-refractivity contribution in [3.05, 3.63) is 0 Å². The minimum absolute atomic E-state index is 0.0414. The molecule has 1 rings (SSSR count). The van der Waals surface area contributed by atoms with Gasteiger partial charge >= 0.3 is 0 Å². The Morgan fingerprint density at radius 3 is 2.73 bits per heavy atom. The van der Waals surface area contributed by atoms with Gasteiger partial charge in [-0.1, -0.05) is 0 Å². The molecule has 0 heterocycles. The Morgan fingerprint density at radius 1 is 1.40 bits per heavy atom. The molecule has 90 valence electrons. The van der Waals surface area contributed by atoms with Crippen LogP contribution in [0.1, 0.15) is 46.0 Å². The first-order valence-electron chi connectivity index (χ1n) is 6.00. The SMILES string of the molecule is COC(C)(C)CCNC1CCCC(O)C1. The van der Waals surface area contributed by atoms with E-state index in [4.69, 9.17) is 4.74 Å². The van der Waals surface area contributed by atoms with Crippen LogP contribution >= 0.6 is 0 Å². The first-order valence-corrected chi connectivity index (χ1v) is 6.00. The molecule has 1 fully saturated rings. The summed E-state index contributed by atoms with van der Waals surface area (Å²) in [6, 6.07) is 0.501. The van der Waals surface area contributed by atoms with Crippen molar-refractivity contribution in [3.63, 3.8) is 0 Å². The smallest absolute Gasteiger partial charge is 0.0634 e. The van der Waals surface area contributed by atoms with Crippen LogP contribution in [0.2, 0.25) is 0 Å². The van der Waals surface area contributed by atoms with E-state index in [0.717, 1.165) is 32.2 Å². The number of rotatable bonds is 5. The highest BCUT2D eigenvalue weighted by atomic mass is 16.5. The van der Waals surface area contributed by atoms with E-state index in [2.05, 4.69) is 19.2 Å². The average molecular weight is 215 g/mol. The number of nitrogens with one attached hydrogen (secondary N) is 1. The molecule has 1 aliphatic carbocycles. The van der Waals surface area contributed by atoms with Gasteiger partial charge in [-0.05, 0) is 52.5 Å². The highest BCUT2D eigenvalue weighted by molar-refractivity contribution is 4.78. The van der Waals surface area contributed by atoms with Gasteiger partial charge in [-0.2, -0.15) is 0 Å². The summed E-state index contributed by atoms with van der Waals surface area (Å²) in [4.78, 5) is 0. The maximum absolute atomic E-state index is 9.52. The predicted octanol–water partition coefficient (Wildman–Crippen LogP) is 1.69. The molecule has 0 aromatic rings. The van der Waals surface area contributed by atoms with Gasteiger partial charge in [-0.25, -0.2) is 0 Å². The molecule has 0 aromatic heterocycles. The van der Waals surface area contributed by atoms with Crippen LogP contribution in [0.15, 0.2) is 0 Å². The number of aliphatic hydroxyl groups excluding tert-OH is 1. The normalized spacial score (nSPS) is 28.0. The fourth-order valence-electron chi connectivity index (χ4n) is 2.03. The maximum atomic E-state index is 9.52. The van der Waals surface area contributed by atoms with Crippen LogP contribution in [0.4, 0.5) is 0 Å². The molecule has 3 heteroatoms. The zero-order chi connectivity index (χ0) is 11.3. The molecule has 1 aliphatic rings. The van der Waals surface area contributed by atoms with Crippen LogP contribution < -0.4 is 5.32 Å². The van der Waals surface area contributed by atoms with Gasteiger partial charge in [0.15, 0.2) is 0 Å². The molecule has 0 amide bonds. The van der Waals surface area contributed by atoms with Gasteiger partial charge in [0.05, 0.1) is 11.7 Å². The van der Waals surface area contributed by atoms with Gasteiger partial charge in [0.1, 0.15) is 0 Å². The summed E-state index contributed by atoms with van der Waals surface area (Å²) < 4.78 is 5.36. The van der Waals surface area contributed by atoms with Crippen molar-refractivity contribution in [3.8, 4) is 0 Å². The number of ether oxygens (including phenoxy) is 1. The zero-order valence-electron chi connectivity index (χ0n) is 10.3. The predicted molar refractivity (Wildman–Crippen MR) is 62.0 cm³/mol. The second-order valence-electron chi connectivity index (χ2n) is 5.19. The van der Waals surface area contributed by atoms with Crippen molar-refractivity contribution in [1.82, 2.24) is 5.32 Å². The fourth-order valence-corrected chi connectivity index (χ4v) is 2.03. The molecule has 3 nitrogen and oxygen atoms in total. The second kappa shape index (κ2) is 5.83. The zero-order valence-corrected chi connectivity index (χ0v) is 10.3. The Kier molecular flexibility index (Phi) is 5.03. The van der Waals surface area contributed by atoms with Crippen LogP contribution in [-0.2, 0) is 4.74 Å². The number of methoxy groups -OCH3 is 1. The van der Waals surface area contributed by atoms with E-state index in [0.29, 0.717) is 6.04 Å². The van der Waals surface area contributed by atoms with E-state index in [1.54, 1.807) is 7.11 Å². The molecule has 1 saturated carbocycles. The van der Waals surface area contributed by atoms with Crippen LogP contribution in [0, 0.1) is 0 Å². The largest absolute Gasteiger partial charge is 0.393 e. The maximum Gasteiger partial charge on any atom is 0.0634 e. The van der Waals surface area contributed by atoms with E-state index in [9.17, 15) is 5.11 Å². The molecular formula is C12H25NO2. The molecule has 0 bridgehead atoms. The lowest BCUT2D eigenvalue weighted by molar-refractivity contribution is 0.0144. The summed E-state index contributed by atoms with van der Waals surface area (Å²) in [5.41, 5.74) is -0.0414. The Balaban J connectivity index is 2.14. The summed E-state index contributed by atoms with van der Waals surface area (Å²) in [5, 5.41) is 13.0. The van der Waals surface area contributed by atoms with Gasteiger partial charge in [-0.3, -0.25) is 0 Å². The van der Waals surface area contributed by atoms with Gasteiger partial charge in [0.25, 0.3) is 0 Å². The number of hydrogen-bond acceptors (Lipinski definition) is 3. The summed E-state index contributed by atoms with van der Waals surface area (Å²) in [6.07, 6.45) is 5.15. The molecule has 2 atom stereocenters. The Hall–Kier alpha value is -0.120. The lowest BCUT2D eigenvalue weighted by Gasteiger charge is -2.29. The third kappa shape index (κ3) is 4.96. The molecule has 0 radical (unpaired) electrons. The van der Waals surface area contributed by atoms with Crippen LogP contribution in [0.5, 0.6) is 0 Å². The fraction of sp³-hybridized carbons (Fsp3) is 1.00. The Morgan fingerprint density at radius 2 is 2.13 bits per heavy atom. The first kappa shape index (κ1) is 12.9. The van der Waals surface area contributed by atoms with E-state index in [1.807, 2.05) is 0 Å². The third-order valence-electron chi connectivity index (χ3n) is 3.36. The van der Waals surface area contributed by atoms with E-state index >= 15 is 0 Å². The molecule has 0 spiro atoms.